The second-order valence-corrected chi connectivity index (χ2v) is 9.53. The summed E-state index contributed by atoms with van der Waals surface area (Å²) < 4.78 is 17.3. The number of rotatable bonds is 5. The minimum Gasteiger partial charge on any atom is -0.323 e. The Morgan fingerprint density at radius 3 is 2.54 bits per heavy atom. The molecule has 0 aliphatic heterocycles. The first kappa shape index (κ1) is 22.8. The van der Waals surface area contributed by atoms with E-state index in [1.54, 1.807) is 34.1 Å². The first-order valence-electron chi connectivity index (χ1n) is 11.0. The van der Waals surface area contributed by atoms with Gasteiger partial charge in [-0.3, -0.25) is 14.0 Å². The number of nitrogens with zero attached hydrogens (tertiary/aromatic N) is 4. The van der Waals surface area contributed by atoms with Crippen molar-refractivity contribution in [3.63, 3.8) is 0 Å². The molecule has 0 radical (unpaired) electrons. The summed E-state index contributed by atoms with van der Waals surface area (Å²) in [5.41, 5.74) is 3.29. The van der Waals surface area contributed by atoms with Crippen molar-refractivity contribution in [2.75, 3.05) is 5.32 Å². The van der Waals surface area contributed by atoms with Crippen LogP contribution in [-0.4, -0.2) is 30.3 Å². The van der Waals surface area contributed by atoms with Crippen molar-refractivity contribution in [2.45, 2.75) is 31.2 Å². The topological polar surface area (TPSA) is 81.3 Å². The fourth-order valence-electron chi connectivity index (χ4n) is 3.96. The van der Waals surface area contributed by atoms with E-state index < -0.39 is 11.1 Å². The number of halogens is 1. The summed E-state index contributed by atoms with van der Waals surface area (Å²) in [4.78, 5) is 26.4. The number of aromatic nitrogens is 4. The lowest BCUT2D eigenvalue weighted by atomic mass is 10.1. The van der Waals surface area contributed by atoms with Crippen molar-refractivity contribution in [3.05, 3.63) is 94.0 Å². The van der Waals surface area contributed by atoms with Gasteiger partial charge in [0.25, 0.3) is 5.56 Å². The number of benzene rings is 3. The molecule has 0 saturated heterocycles. The van der Waals surface area contributed by atoms with Gasteiger partial charge >= 0.3 is 0 Å². The largest absolute Gasteiger partial charge is 0.323 e. The Balaban J connectivity index is 1.62. The highest BCUT2D eigenvalue weighted by Gasteiger charge is 2.23. The van der Waals surface area contributed by atoms with Gasteiger partial charge < -0.3 is 5.32 Å². The second-order valence-electron chi connectivity index (χ2n) is 8.22. The molecule has 9 heteroatoms. The molecular weight excluding hydrogens is 465 g/mol. The van der Waals surface area contributed by atoms with E-state index in [9.17, 15) is 14.0 Å². The fraction of sp³-hybridized carbons (Fsp3) is 0.154. The lowest BCUT2D eigenvalue weighted by molar-refractivity contribution is -0.115. The molecule has 176 valence electrons. The molecule has 0 aliphatic rings. The van der Waals surface area contributed by atoms with Crippen molar-refractivity contribution in [1.82, 2.24) is 19.2 Å². The van der Waals surface area contributed by atoms with Gasteiger partial charge in [0.2, 0.25) is 11.7 Å². The Hall–Kier alpha value is -3.98. The maximum Gasteiger partial charge on any atom is 0.267 e. The Labute approximate surface area is 204 Å². The predicted octanol–water partition coefficient (Wildman–Crippen LogP) is 4.91. The fourth-order valence-corrected chi connectivity index (χ4v) is 4.81. The van der Waals surface area contributed by atoms with Crippen LogP contribution in [0.2, 0.25) is 0 Å². The first-order valence-corrected chi connectivity index (χ1v) is 11.9. The summed E-state index contributed by atoms with van der Waals surface area (Å²) in [5.74, 6) is -0.523. The van der Waals surface area contributed by atoms with E-state index in [1.165, 1.54) is 23.9 Å². The van der Waals surface area contributed by atoms with Gasteiger partial charge in [-0.2, -0.15) is 0 Å². The van der Waals surface area contributed by atoms with Crippen molar-refractivity contribution in [3.8, 4) is 5.69 Å². The third-order valence-electron chi connectivity index (χ3n) is 5.99. The normalized spacial score (nSPS) is 12.2. The number of carbonyl (C=O) groups excluding carboxylic acids is 1. The summed E-state index contributed by atoms with van der Waals surface area (Å²) in [7, 11) is 0. The molecule has 1 N–H and O–H groups in total. The van der Waals surface area contributed by atoms with Crippen LogP contribution in [0.15, 0.2) is 76.7 Å². The highest BCUT2D eigenvalue weighted by atomic mass is 32.2. The molecule has 7 nitrogen and oxygen atoms in total. The van der Waals surface area contributed by atoms with E-state index >= 15 is 0 Å². The van der Waals surface area contributed by atoms with Gasteiger partial charge in [-0.15, -0.1) is 10.2 Å². The molecule has 1 atom stereocenters. The molecule has 2 aromatic heterocycles. The second kappa shape index (κ2) is 8.99. The van der Waals surface area contributed by atoms with Crippen molar-refractivity contribution in [1.29, 1.82) is 0 Å². The molecule has 0 saturated carbocycles. The lowest BCUT2D eigenvalue weighted by Crippen LogP contribution is -2.24. The maximum atomic E-state index is 14.0. The Morgan fingerprint density at radius 2 is 1.74 bits per heavy atom. The monoisotopic (exact) mass is 487 g/mol. The van der Waals surface area contributed by atoms with Crippen LogP contribution in [0, 0.1) is 19.7 Å². The third-order valence-corrected chi connectivity index (χ3v) is 7.04. The van der Waals surface area contributed by atoms with Gasteiger partial charge in [0.05, 0.1) is 27.5 Å². The van der Waals surface area contributed by atoms with Crippen LogP contribution in [0.4, 0.5) is 10.1 Å². The average Bonchev–Trinajstić information content (AvgIpc) is 3.26. The molecule has 0 aliphatic carbocycles. The van der Waals surface area contributed by atoms with Crippen LogP contribution in [0.25, 0.3) is 22.4 Å². The summed E-state index contributed by atoms with van der Waals surface area (Å²) >= 11 is 1.18. The number of thioether (sulfide) groups is 1. The Kier molecular flexibility index (Phi) is 5.86. The van der Waals surface area contributed by atoms with E-state index in [4.69, 9.17) is 0 Å². The zero-order chi connectivity index (χ0) is 24.7. The maximum absolute atomic E-state index is 14.0. The Bertz CT molecular complexity index is 1660. The third kappa shape index (κ3) is 3.97. The van der Waals surface area contributed by atoms with Crippen LogP contribution >= 0.6 is 11.8 Å². The molecular formula is C26H22FN5O2S. The van der Waals surface area contributed by atoms with E-state index in [0.29, 0.717) is 21.8 Å². The van der Waals surface area contributed by atoms with Gasteiger partial charge in [-0.05, 0) is 62.2 Å². The standard InChI is InChI=1S/C26H22FN5O2S/c1-15-9-8-14-21(16(15)2)31-24(34)18-10-4-7-13-22(18)32-25(31)29-30-26(32)35-17(3)23(33)28-20-12-6-5-11-19(20)27/h4-14,17H,1-3H3,(H,28,33). The number of anilines is 1. The number of carbonyl (C=O) groups is 1. The van der Waals surface area contributed by atoms with Crippen LogP contribution in [-0.2, 0) is 4.79 Å². The lowest BCUT2D eigenvalue weighted by Gasteiger charge is -2.15. The molecule has 5 aromatic rings. The van der Waals surface area contributed by atoms with Crippen LogP contribution in [0.1, 0.15) is 18.1 Å². The number of aryl methyl sites for hydroxylation is 1. The average molecular weight is 488 g/mol. The van der Waals surface area contributed by atoms with Crippen LogP contribution in [0.5, 0.6) is 0 Å². The van der Waals surface area contributed by atoms with Gasteiger partial charge in [0.15, 0.2) is 5.16 Å². The van der Waals surface area contributed by atoms with Gasteiger partial charge in [-0.25, -0.2) is 8.96 Å². The SMILES string of the molecule is Cc1cccc(-n2c(=O)c3ccccc3n3c(SC(C)C(=O)Nc4ccccc4F)nnc23)c1C. The highest BCUT2D eigenvalue weighted by Crippen LogP contribution is 2.28. The summed E-state index contributed by atoms with van der Waals surface area (Å²) in [6.07, 6.45) is 0. The van der Waals surface area contributed by atoms with Crippen LogP contribution < -0.4 is 10.9 Å². The van der Waals surface area contributed by atoms with E-state index in [-0.39, 0.29) is 17.2 Å². The number of hydrogen-bond donors (Lipinski definition) is 1. The molecule has 35 heavy (non-hydrogen) atoms. The molecule has 0 spiro atoms. The number of hydrogen-bond acceptors (Lipinski definition) is 5. The van der Waals surface area contributed by atoms with E-state index in [1.807, 2.05) is 50.2 Å². The zero-order valence-electron chi connectivity index (χ0n) is 19.3. The van der Waals surface area contributed by atoms with Crippen molar-refractivity contribution < 1.29 is 9.18 Å². The smallest absolute Gasteiger partial charge is 0.267 e. The van der Waals surface area contributed by atoms with Gasteiger partial charge in [-0.1, -0.05) is 48.2 Å². The van der Waals surface area contributed by atoms with Gasteiger partial charge in [0, 0.05) is 0 Å². The summed E-state index contributed by atoms with van der Waals surface area (Å²) in [5, 5.41) is 11.7. The number of fused-ring (bicyclic) bond motifs is 3. The van der Waals surface area contributed by atoms with E-state index in [2.05, 4.69) is 15.5 Å². The molecule has 1 unspecified atom stereocenters. The van der Waals surface area contributed by atoms with Crippen molar-refractivity contribution >= 4 is 40.0 Å². The zero-order valence-corrected chi connectivity index (χ0v) is 20.1. The molecule has 2 heterocycles. The molecule has 0 fully saturated rings. The number of amides is 1. The predicted molar refractivity (Wildman–Crippen MR) is 136 cm³/mol. The number of nitrogens with one attached hydrogen (secondary N) is 1. The quantitative estimate of drug-likeness (QED) is 0.356. The van der Waals surface area contributed by atoms with Gasteiger partial charge in [0.1, 0.15) is 5.82 Å². The molecule has 5 rings (SSSR count). The van der Waals surface area contributed by atoms with E-state index in [0.717, 1.165) is 16.8 Å². The highest BCUT2D eigenvalue weighted by molar-refractivity contribution is 8.00. The van der Waals surface area contributed by atoms with Crippen molar-refractivity contribution in [2.24, 2.45) is 0 Å². The minimum absolute atomic E-state index is 0.116. The molecule has 0 bridgehead atoms. The minimum atomic E-state index is -0.609. The summed E-state index contributed by atoms with van der Waals surface area (Å²) in [6.45, 7) is 5.66. The first-order chi connectivity index (χ1) is 16.9. The summed E-state index contributed by atoms with van der Waals surface area (Å²) in [6, 6.07) is 19.0. The van der Waals surface area contributed by atoms with Crippen LogP contribution in [0.3, 0.4) is 0 Å². The molecule has 1 amide bonds. The number of para-hydroxylation sites is 2. The Morgan fingerprint density at radius 1 is 1.00 bits per heavy atom. The molecule has 3 aromatic carbocycles.